The summed E-state index contributed by atoms with van der Waals surface area (Å²) in [5.41, 5.74) is 1.05. The van der Waals surface area contributed by atoms with Crippen LogP contribution in [0.25, 0.3) is 5.57 Å². The van der Waals surface area contributed by atoms with Gasteiger partial charge >= 0.3 is 0 Å². The molecule has 1 aliphatic rings. The van der Waals surface area contributed by atoms with Crippen LogP contribution in [0.2, 0.25) is 0 Å². The maximum Gasteiger partial charge on any atom is 0.200 e. The van der Waals surface area contributed by atoms with Crippen LogP contribution < -0.4 is 5.32 Å². The number of fused-ring (bicyclic) bond motifs is 1. The molecule has 0 amide bonds. The molecule has 0 spiro atoms. The predicted molar refractivity (Wildman–Crippen MR) is 66.4 cm³/mol. The highest BCUT2D eigenvalue weighted by molar-refractivity contribution is 7.95. The topological polar surface area (TPSA) is 66.4 Å². The van der Waals surface area contributed by atoms with Gasteiger partial charge in [-0.3, -0.25) is 0 Å². The highest BCUT2D eigenvalue weighted by Crippen LogP contribution is 2.38. The standard InChI is InChI=1S/C12H15NO3S/c1-8(2)13-6-9-7-17(15,16)11-5-3-4-10(14)12(9)11/h3-5,7-8,13-14H,6H2,1-2H3. The maximum absolute atomic E-state index is 11.8. The monoisotopic (exact) mass is 253 g/mol. The van der Waals surface area contributed by atoms with E-state index in [-0.39, 0.29) is 16.7 Å². The van der Waals surface area contributed by atoms with Crippen molar-refractivity contribution in [2.45, 2.75) is 24.8 Å². The summed E-state index contributed by atoms with van der Waals surface area (Å²) >= 11 is 0. The molecule has 1 aliphatic heterocycles. The van der Waals surface area contributed by atoms with Crippen molar-refractivity contribution in [3.63, 3.8) is 0 Å². The van der Waals surface area contributed by atoms with Crippen LogP contribution >= 0.6 is 0 Å². The average molecular weight is 253 g/mol. The van der Waals surface area contributed by atoms with Gasteiger partial charge in [-0.05, 0) is 17.7 Å². The maximum atomic E-state index is 11.8. The molecule has 0 radical (unpaired) electrons. The molecular formula is C12H15NO3S. The second-order valence-electron chi connectivity index (χ2n) is 4.37. The van der Waals surface area contributed by atoms with Gasteiger partial charge in [-0.15, -0.1) is 0 Å². The summed E-state index contributed by atoms with van der Waals surface area (Å²) in [7, 11) is -3.39. The van der Waals surface area contributed by atoms with E-state index in [1.807, 2.05) is 13.8 Å². The van der Waals surface area contributed by atoms with E-state index in [0.717, 1.165) is 0 Å². The van der Waals surface area contributed by atoms with Gasteiger partial charge in [-0.1, -0.05) is 19.9 Å². The van der Waals surface area contributed by atoms with E-state index in [2.05, 4.69) is 5.32 Å². The molecule has 0 aliphatic carbocycles. The fourth-order valence-electron chi connectivity index (χ4n) is 1.83. The number of nitrogens with one attached hydrogen (secondary N) is 1. The fraction of sp³-hybridized carbons (Fsp3) is 0.333. The Morgan fingerprint density at radius 1 is 1.35 bits per heavy atom. The van der Waals surface area contributed by atoms with Crippen molar-refractivity contribution in [2.75, 3.05) is 6.54 Å². The van der Waals surface area contributed by atoms with Crippen LogP contribution in [0.15, 0.2) is 28.5 Å². The first kappa shape index (κ1) is 12.1. The van der Waals surface area contributed by atoms with Crippen LogP contribution in [0.4, 0.5) is 0 Å². The first-order valence-corrected chi connectivity index (χ1v) is 6.98. The van der Waals surface area contributed by atoms with Crippen LogP contribution in [-0.2, 0) is 9.84 Å². The molecule has 1 aromatic carbocycles. The molecule has 0 aromatic heterocycles. The summed E-state index contributed by atoms with van der Waals surface area (Å²) in [5.74, 6) is 0.0142. The summed E-state index contributed by atoms with van der Waals surface area (Å²) in [6.07, 6.45) is 0. The van der Waals surface area contributed by atoms with Crippen molar-refractivity contribution >= 4 is 15.4 Å². The number of phenols is 1. The van der Waals surface area contributed by atoms with Gasteiger partial charge < -0.3 is 10.4 Å². The number of benzene rings is 1. The molecule has 0 fully saturated rings. The summed E-state index contributed by atoms with van der Waals surface area (Å²) in [4.78, 5) is 0.193. The van der Waals surface area contributed by atoms with Gasteiger partial charge in [0.2, 0.25) is 9.84 Å². The summed E-state index contributed by atoms with van der Waals surface area (Å²) in [5, 5.41) is 14.1. The van der Waals surface area contributed by atoms with Crippen molar-refractivity contribution in [1.29, 1.82) is 0 Å². The predicted octanol–water partition coefficient (Wildman–Crippen LogP) is 1.52. The highest BCUT2D eigenvalue weighted by Gasteiger charge is 2.28. The third-order valence-corrected chi connectivity index (χ3v) is 4.18. The van der Waals surface area contributed by atoms with E-state index >= 15 is 0 Å². The molecule has 2 rings (SSSR count). The van der Waals surface area contributed by atoms with E-state index < -0.39 is 9.84 Å². The second-order valence-corrected chi connectivity index (χ2v) is 6.14. The van der Waals surface area contributed by atoms with Crippen LogP contribution in [0.1, 0.15) is 19.4 Å². The molecule has 17 heavy (non-hydrogen) atoms. The van der Waals surface area contributed by atoms with Crippen molar-refractivity contribution in [3.8, 4) is 5.75 Å². The molecule has 5 heteroatoms. The molecule has 0 saturated carbocycles. The van der Waals surface area contributed by atoms with E-state index in [9.17, 15) is 13.5 Å². The molecule has 0 unspecified atom stereocenters. The third-order valence-electron chi connectivity index (χ3n) is 2.63. The lowest BCUT2D eigenvalue weighted by Gasteiger charge is -2.10. The molecule has 1 aromatic rings. The van der Waals surface area contributed by atoms with Crippen molar-refractivity contribution in [3.05, 3.63) is 29.2 Å². The van der Waals surface area contributed by atoms with E-state index in [4.69, 9.17) is 0 Å². The van der Waals surface area contributed by atoms with E-state index in [1.165, 1.54) is 17.5 Å². The first-order chi connectivity index (χ1) is 7.92. The van der Waals surface area contributed by atoms with Gasteiger partial charge in [0.1, 0.15) is 5.75 Å². The van der Waals surface area contributed by atoms with Gasteiger partial charge in [0.25, 0.3) is 0 Å². The Balaban J connectivity index is 2.45. The molecular weight excluding hydrogens is 238 g/mol. The Hall–Kier alpha value is -1.33. The summed E-state index contributed by atoms with van der Waals surface area (Å²) < 4.78 is 23.7. The van der Waals surface area contributed by atoms with Gasteiger partial charge in [-0.25, -0.2) is 8.42 Å². The van der Waals surface area contributed by atoms with Gasteiger partial charge in [0.05, 0.1) is 4.90 Å². The SMILES string of the molecule is CC(C)NCC1=CS(=O)(=O)c2cccc(O)c21. The number of phenolic OH excluding ortho intramolecular Hbond substituents is 1. The number of aromatic hydroxyl groups is 1. The number of sulfone groups is 1. The molecule has 0 bridgehead atoms. The van der Waals surface area contributed by atoms with Gasteiger partial charge in [-0.2, -0.15) is 0 Å². The lowest BCUT2D eigenvalue weighted by molar-refractivity contribution is 0.471. The molecule has 1 heterocycles. The van der Waals surface area contributed by atoms with E-state index in [0.29, 0.717) is 17.7 Å². The van der Waals surface area contributed by atoms with Crippen LogP contribution in [0.5, 0.6) is 5.75 Å². The Kier molecular flexibility index (Phi) is 2.97. The average Bonchev–Trinajstić information content (AvgIpc) is 2.49. The Labute approximate surface area is 101 Å². The van der Waals surface area contributed by atoms with Crippen LogP contribution in [-0.4, -0.2) is 26.1 Å². The van der Waals surface area contributed by atoms with Crippen LogP contribution in [0.3, 0.4) is 0 Å². The zero-order valence-electron chi connectivity index (χ0n) is 9.77. The van der Waals surface area contributed by atoms with Crippen LogP contribution in [0, 0.1) is 0 Å². The van der Waals surface area contributed by atoms with Gasteiger partial charge in [0, 0.05) is 23.6 Å². The van der Waals surface area contributed by atoms with Crippen molar-refractivity contribution in [1.82, 2.24) is 5.32 Å². The second kappa shape index (κ2) is 4.16. The number of rotatable bonds is 3. The summed E-state index contributed by atoms with van der Waals surface area (Å²) in [6, 6.07) is 4.82. The fourth-order valence-corrected chi connectivity index (χ4v) is 3.32. The smallest absolute Gasteiger partial charge is 0.200 e. The van der Waals surface area contributed by atoms with Crippen molar-refractivity contribution in [2.24, 2.45) is 0 Å². The Bertz CT molecular complexity index is 573. The Morgan fingerprint density at radius 2 is 2.06 bits per heavy atom. The number of hydrogen-bond acceptors (Lipinski definition) is 4. The molecule has 4 nitrogen and oxygen atoms in total. The molecule has 0 atom stereocenters. The summed E-state index contributed by atoms with van der Waals surface area (Å²) in [6.45, 7) is 4.40. The highest BCUT2D eigenvalue weighted by atomic mass is 32.2. The molecule has 0 saturated heterocycles. The quantitative estimate of drug-likeness (QED) is 0.857. The van der Waals surface area contributed by atoms with Gasteiger partial charge in [0.15, 0.2) is 0 Å². The minimum Gasteiger partial charge on any atom is -0.507 e. The largest absolute Gasteiger partial charge is 0.507 e. The first-order valence-electron chi connectivity index (χ1n) is 5.43. The minimum absolute atomic E-state index is 0.0142. The van der Waals surface area contributed by atoms with E-state index in [1.54, 1.807) is 6.07 Å². The normalized spacial score (nSPS) is 17.0. The zero-order chi connectivity index (χ0) is 12.6. The lowest BCUT2D eigenvalue weighted by Crippen LogP contribution is -2.24. The minimum atomic E-state index is -3.39. The lowest BCUT2D eigenvalue weighted by atomic mass is 10.1. The third kappa shape index (κ3) is 2.21. The van der Waals surface area contributed by atoms with Crippen molar-refractivity contribution < 1.29 is 13.5 Å². The Morgan fingerprint density at radius 3 is 2.71 bits per heavy atom. The molecule has 92 valence electrons. The zero-order valence-corrected chi connectivity index (χ0v) is 10.6. The number of hydrogen-bond donors (Lipinski definition) is 2. The molecule has 2 N–H and O–H groups in total.